The largest absolute Gasteiger partial charge is 0.468 e. The highest BCUT2D eigenvalue weighted by Crippen LogP contribution is 2.30. The minimum Gasteiger partial charge on any atom is -0.468 e. The molecule has 3 rings (SSSR count). The molecular weight excluding hydrogens is 422 g/mol. The van der Waals surface area contributed by atoms with E-state index in [9.17, 15) is 18.4 Å². The molecule has 0 saturated carbocycles. The van der Waals surface area contributed by atoms with E-state index in [2.05, 4.69) is 9.64 Å². The van der Waals surface area contributed by atoms with Crippen LogP contribution in [-0.2, 0) is 14.3 Å². The van der Waals surface area contributed by atoms with Crippen molar-refractivity contribution in [1.82, 2.24) is 9.80 Å². The number of carbonyl (C=O) groups excluding carboxylic acids is 2. The zero-order valence-corrected chi connectivity index (χ0v) is 18.2. The van der Waals surface area contributed by atoms with Gasteiger partial charge in [-0.25, -0.2) is 8.78 Å². The van der Waals surface area contributed by atoms with Gasteiger partial charge in [-0.15, -0.1) is 11.8 Å². The summed E-state index contributed by atoms with van der Waals surface area (Å²) in [6.07, 6.45) is 0.376. The van der Waals surface area contributed by atoms with Crippen LogP contribution in [0.4, 0.5) is 8.78 Å². The van der Waals surface area contributed by atoms with E-state index in [-0.39, 0.29) is 35.3 Å². The molecule has 1 fully saturated rings. The van der Waals surface area contributed by atoms with Crippen LogP contribution in [-0.4, -0.2) is 66.5 Å². The second-order valence-electron chi connectivity index (χ2n) is 7.30. The number of rotatable bonds is 8. The van der Waals surface area contributed by atoms with Gasteiger partial charge in [0.2, 0.25) is 5.91 Å². The van der Waals surface area contributed by atoms with Crippen molar-refractivity contribution in [2.75, 3.05) is 44.8 Å². The topological polar surface area (TPSA) is 49.9 Å². The number of thioether (sulfide) groups is 1. The Morgan fingerprint density at radius 3 is 1.94 bits per heavy atom. The van der Waals surface area contributed by atoms with Gasteiger partial charge in [0.05, 0.1) is 18.9 Å². The van der Waals surface area contributed by atoms with Crippen LogP contribution in [0.15, 0.2) is 48.5 Å². The Hall–Kier alpha value is -2.45. The van der Waals surface area contributed by atoms with Crippen LogP contribution < -0.4 is 0 Å². The molecule has 1 aliphatic rings. The Labute approximate surface area is 185 Å². The number of ether oxygens (including phenoxy) is 1. The number of hydrogen-bond acceptors (Lipinski definition) is 5. The van der Waals surface area contributed by atoms with Crippen LogP contribution in [0.5, 0.6) is 0 Å². The lowest BCUT2D eigenvalue weighted by atomic mass is 9.96. The summed E-state index contributed by atoms with van der Waals surface area (Å²) in [6, 6.07) is 12.6. The lowest BCUT2D eigenvalue weighted by Gasteiger charge is -2.40. The molecule has 8 heteroatoms. The van der Waals surface area contributed by atoms with Gasteiger partial charge in [0.15, 0.2) is 0 Å². The molecule has 0 aliphatic carbocycles. The van der Waals surface area contributed by atoms with Gasteiger partial charge in [-0.2, -0.15) is 0 Å². The minimum atomic E-state index is -0.304. The van der Waals surface area contributed by atoms with E-state index >= 15 is 0 Å². The molecule has 1 amide bonds. The van der Waals surface area contributed by atoms with Crippen LogP contribution in [0.25, 0.3) is 0 Å². The molecule has 0 spiro atoms. The number of piperazine rings is 1. The fourth-order valence-electron chi connectivity index (χ4n) is 3.67. The predicted molar refractivity (Wildman–Crippen MR) is 117 cm³/mol. The molecule has 0 radical (unpaired) electrons. The summed E-state index contributed by atoms with van der Waals surface area (Å²) in [5, 5.41) is 0. The molecule has 31 heavy (non-hydrogen) atoms. The minimum absolute atomic E-state index is 0.0668. The predicted octanol–water partition coefficient (Wildman–Crippen LogP) is 3.49. The number of esters is 1. The van der Waals surface area contributed by atoms with E-state index in [0.717, 1.165) is 11.1 Å². The monoisotopic (exact) mass is 448 g/mol. The Morgan fingerprint density at radius 1 is 0.935 bits per heavy atom. The Bertz CT molecular complexity index is 824. The molecule has 0 aromatic heterocycles. The molecule has 5 nitrogen and oxygen atoms in total. The first-order valence-corrected chi connectivity index (χ1v) is 11.3. The molecule has 2 aromatic rings. The van der Waals surface area contributed by atoms with Crippen LogP contribution in [0.2, 0.25) is 0 Å². The van der Waals surface area contributed by atoms with Crippen LogP contribution >= 0.6 is 11.8 Å². The first kappa shape index (κ1) is 23.2. The number of methoxy groups -OCH3 is 1. The number of nitrogens with zero attached hydrogens (tertiary/aromatic N) is 2. The standard InChI is InChI=1S/C23H26F2N2O3S/c1-30-22(29)16-31-15-10-21(28)26-11-13-27(14-12-26)23(17-2-6-19(24)7-3-17)18-4-8-20(25)9-5-18/h2-9,23H,10-16H2,1H3. The Balaban J connectivity index is 1.61. The summed E-state index contributed by atoms with van der Waals surface area (Å²) in [5.74, 6) is -0.0173. The molecule has 166 valence electrons. The van der Waals surface area contributed by atoms with Crippen molar-refractivity contribution in [2.45, 2.75) is 12.5 Å². The van der Waals surface area contributed by atoms with Crippen molar-refractivity contribution in [3.8, 4) is 0 Å². The van der Waals surface area contributed by atoms with Gasteiger partial charge in [0, 0.05) is 38.4 Å². The van der Waals surface area contributed by atoms with Crippen molar-refractivity contribution < 1.29 is 23.1 Å². The maximum Gasteiger partial charge on any atom is 0.315 e. The second-order valence-corrected chi connectivity index (χ2v) is 8.41. The maximum atomic E-state index is 13.4. The van der Waals surface area contributed by atoms with Gasteiger partial charge in [-0.3, -0.25) is 14.5 Å². The van der Waals surface area contributed by atoms with Crippen molar-refractivity contribution in [3.63, 3.8) is 0 Å². The van der Waals surface area contributed by atoms with E-state index in [0.29, 0.717) is 38.4 Å². The van der Waals surface area contributed by atoms with Crippen molar-refractivity contribution in [1.29, 1.82) is 0 Å². The number of amides is 1. The Morgan fingerprint density at radius 2 is 1.45 bits per heavy atom. The van der Waals surface area contributed by atoms with Gasteiger partial charge in [-0.05, 0) is 35.4 Å². The van der Waals surface area contributed by atoms with Gasteiger partial charge >= 0.3 is 5.97 Å². The fraction of sp³-hybridized carbons (Fsp3) is 0.391. The first-order valence-electron chi connectivity index (χ1n) is 10.1. The van der Waals surface area contributed by atoms with E-state index in [1.807, 2.05) is 4.90 Å². The molecular formula is C23H26F2N2O3S. The van der Waals surface area contributed by atoms with Crippen molar-refractivity contribution in [3.05, 3.63) is 71.3 Å². The van der Waals surface area contributed by atoms with Crippen molar-refractivity contribution >= 4 is 23.6 Å². The zero-order valence-electron chi connectivity index (χ0n) is 17.4. The van der Waals surface area contributed by atoms with Gasteiger partial charge in [0.1, 0.15) is 11.6 Å². The van der Waals surface area contributed by atoms with E-state index in [4.69, 9.17) is 0 Å². The van der Waals surface area contributed by atoms with Gasteiger partial charge in [-0.1, -0.05) is 24.3 Å². The highest BCUT2D eigenvalue weighted by Gasteiger charge is 2.28. The number of hydrogen-bond donors (Lipinski definition) is 0. The summed E-state index contributed by atoms with van der Waals surface area (Å²) < 4.78 is 31.5. The highest BCUT2D eigenvalue weighted by molar-refractivity contribution is 7.99. The normalized spacial score (nSPS) is 14.6. The second kappa shape index (κ2) is 11.2. The maximum absolute atomic E-state index is 13.4. The summed E-state index contributed by atoms with van der Waals surface area (Å²) in [5.41, 5.74) is 1.85. The van der Waals surface area contributed by atoms with Crippen molar-refractivity contribution in [2.24, 2.45) is 0 Å². The molecule has 1 heterocycles. The highest BCUT2D eigenvalue weighted by atomic mass is 32.2. The molecule has 0 atom stereocenters. The quantitative estimate of drug-likeness (QED) is 0.457. The smallest absolute Gasteiger partial charge is 0.315 e. The average Bonchev–Trinajstić information content (AvgIpc) is 2.79. The molecule has 0 N–H and O–H groups in total. The van der Waals surface area contributed by atoms with Gasteiger partial charge < -0.3 is 9.64 Å². The lowest BCUT2D eigenvalue weighted by Crippen LogP contribution is -2.50. The fourth-order valence-corrected chi connectivity index (χ4v) is 4.41. The number of halogens is 2. The first-order chi connectivity index (χ1) is 15.0. The summed E-state index contributed by atoms with van der Waals surface area (Å²) in [4.78, 5) is 27.7. The molecule has 0 unspecified atom stereocenters. The van der Waals surface area contributed by atoms with E-state index in [1.54, 1.807) is 24.3 Å². The van der Waals surface area contributed by atoms with Crippen LogP contribution in [0.3, 0.4) is 0 Å². The van der Waals surface area contributed by atoms with Crippen LogP contribution in [0.1, 0.15) is 23.6 Å². The third-order valence-corrected chi connectivity index (χ3v) is 6.24. The lowest BCUT2D eigenvalue weighted by molar-refractivity contribution is -0.137. The number of benzene rings is 2. The molecule has 2 aromatic carbocycles. The van der Waals surface area contributed by atoms with E-state index < -0.39 is 0 Å². The summed E-state index contributed by atoms with van der Waals surface area (Å²) in [7, 11) is 1.35. The SMILES string of the molecule is COC(=O)CSCCC(=O)N1CCN(C(c2ccc(F)cc2)c2ccc(F)cc2)CC1. The summed E-state index contributed by atoms with van der Waals surface area (Å²) >= 11 is 1.39. The van der Waals surface area contributed by atoms with E-state index in [1.165, 1.54) is 43.1 Å². The Kier molecular flexibility index (Phi) is 8.43. The number of carbonyl (C=O) groups is 2. The third kappa shape index (κ3) is 6.51. The third-order valence-electron chi connectivity index (χ3n) is 5.31. The van der Waals surface area contributed by atoms with Gasteiger partial charge in [0.25, 0.3) is 0 Å². The molecule has 1 saturated heterocycles. The van der Waals surface area contributed by atoms with Crippen LogP contribution in [0, 0.1) is 11.6 Å². The summed E-state index contributed by atoms with van der Waals surface area (Å²) in [6.45, 7) is 2.47. The average molecular weight is 449 g/mol. The zero-order chi connectivity index (χ0) is 22.2. The molecule has 0 bridgehead atoms. The molecule has 1 aliphatic heterocycles.